The van der Waals surface area contributed by atoms with E-state index in [9.17, 15) is 24.6 Å². The molecule has 49 heavy (non-hydrogen) atoms. The second-order valence-electron chi connectivity index (χ2n) is 14.3. The Hall–Kier alpha value is -3.54. The quantitative estimate of drug-likeness (QED) is 0.0814. The first-order valence-electron chi connectivity index (χ1n) is 17.4. The number of carboxylic acid groups (broad SMARTS) is 1. The van der Waals surface area contributed by atoms with Crippen molar-refractivity contribution in [3.63, 3.8) is 0 Å². The van der Waals surface area contributed by atoms with Gasteiger partial charge in [0.2, 0.25) is 5.91 Å². The zero-order valence-corrected chi connectivity index (χ0v) is 31.6. The summed E-state index contributed by atoms with van der Waals surface area (Å²) in [7, 11) is -1.27. The van der Waals surface area contributed by atoms with Crippen molar-refractivity contribution in [2.45, 2.75) is 102 Å². The average Bonchev–Trinajstić information content (AvgIpc) is 3.38. The highest BCUT2D eigenvalue weighted by atomic mass is 32.1. The van der Waals surface area contributed by atoms with Gasteiger partial charge in [0.15, 0.2) is 5.60 Å². The molecule has 9 nitrogen and oxygen atoms in total. The van der Waals surface area contributed by atoms with Crippen molar-refractivity contribution in [3.05, 3.63) is 83.9 Å². The highest BCUT2D eigenvalue weighted by Gasteiger charge is 2.59. The minimum absolute atomic E-state index is 0.0847. The number of nitrogens with one attached hydrogen (secondary N) is 1. The van der Waals surface area contributed by atoms with Gasteiger partial charge in [0, 0.05) is 25.7 Å². The Morgan fingerprint density at radius 1 is 1.06 bits per heavy atom. The molecule has 2 N–H and O–H groups in total. The van der Waals surface area contributed by atoms with Gasteiger partial charge in [0.05, 0.1) is 24.5 Å². The van der Waals surface area contributed by atoms with Crippen LogP contribution in [0.4, 0.5) is 4.79 Å². The second-order valence-corrected chi connectivity index (χ2v) is 20.3. The van der Waals surface area contributed by atoms with Gasteiger partial charge in [-0.3, -0.25) is 9.69 Å². The smallest absolute Gasteiger partial charge is 0.407 e. The molecule has 0 saturated carbocycles. The zero-order valence-electron chi connectivity index (χ0n) is 29.8. The standard InChI is InChI=1S/C38H54N2O7SSi/c1-7-24-37(45,34(42)43)31(23-17-9-8-10-18-25-39-35(44)46-26-27-49(4,5)6)33(41)40-32(28(2)3)38(47-36(40)48,29-19-13-11-14-20-29)30-21-15-12-16-22-30/h11-17,19-23,28,31-32,45H,7-10,18,24-27H2,1-6H3,(H,39,44)(H,42,43)/p-1/b23-17+/t31-,32+,37+/m1/s1. The lowest BCUT2D eigenvalue weighted by Gasteiger charge is -2.40. The van der Waals surface area contributed by atoms with Gasteiger partial charge in [-0.1, -0.05) is 126 Å². The van der Waals surface area contributed by atoms with Crippen molar-refractivity contribution in [1.82, 2.24) is 10.2 Å². The lowest BCUT2D eigenvalue weighted by atomic mass is 9.75. The number of unbranched alkanes of at least 4 members (excludes halogenated alkanes) is 3. The number of aliphatic hydroxyl groups is 1. The highest BCUT2D eigenvalue weighted by Crippen LogP contribution is 2.48. The fourth-order valence-corrected chi connectivity index (χ4v) is 7.43. The Balaban J connectivity index is 1.82. The molecule has 0 spiro atoms. The predicted molar refractivity (Wildman–Crippen MR) is 196 cm³/mol. The van der Waals surface area contributed by atoms with E-state index in [0.29, 0.717) is 26.0 Å². The van der Waals surface area contributed by atoms with E-state index in [4.69, 9.17) is 21.7 Å². The number of hydrogen-bond donors (Lipinski definition) is 2. The summed E-state index contributed by atoms with van der Waals surface area (Å²) >= 11 is 5.76. The topological polar surface area (TPSA) is 128 Å². The molecule has 1 aliphatic heterocycles. The molecule has 1 fully saturated rings. The molecule has 1 saturated heterocycles. The van der Waals surface area contributed by atoms with Gasteiger partial charge in [-0.25, -0.2) is 4.79 Å². The molecule has 0 radical (unpaired) electrons. The predicted octanol–water partition coefficient (Wildman–Crippen LogP) is 6.18. The Labute approximate surface area is 298 Å². The van der Waals surface area contributed by atoms with Crippen LogP contribution in [0.1, 0.15) is 70.4 Å². The Morgan fingerprint density at radius 2 is 1.65 bits per heavy atom. The fraction of sp³-hybridized carbons (Fsp3) is 0.526. The number of carbonyl (C=O) groups is 3. The van der Waals surface area contributed by atoms with E-state index in [-0.39, 0.29) is 17.5 Å². The number of nitrogens with zero attached hydrogens (tertiary/aromatic N) is 1. The van der Waals surface area contributed by atoms with Crippen LogP contribution in [0.25, 0.3) is 0 Å². The van der Waals surface area contributed by atoms with Crippen molar-refractivity contribution in [3.8, 4) is 0 Å². The van der Waals surface area contributed by atoms with E-state index in [1.54, 1.807) is 13.0 Å². The molecule has 11 heteroatoms. The number of thiocarbonyl (C=S) groups is 1. The molecule has 2 aromatic rings. The molecule has 0 unspecified atom stereocenters. The minimum atomic E-state index is -2.47. The Morgan fingerprint density at radius 3 is 2.16 bits per heavy atom. The number of hydrogen-bond acceptors (Lipinski definition) is 8. The van der Waals surface area contributed by atoms with Gasteiger partial charge >= 0.3 is 6.09 Å². The first-order chi connectivity index (χ1) is 23.2. The summed E-state index contributed by atoms with van der Waals surface area (Å²) in [5.41, 5.74) is -2.05. The molecule has 2 aromatic carbocycles. The number of aliphatic carboxylic acids is 1. The van der Waals surface area contributed by atoms with E-state index < -0.39 is 49.2 Å². The minimum Gasteiger partial charge on any atom is -0.547 e. The number of amides is 2. The maximum Gasteiger partial charge on any atom is 0.407 e. The number of allylic oxidation sites excluding steroid dienone is 1. The van der Waals surface area contributed by atoms with Gasteiger partial charge in [0.25, 0.3) is 5.17 Å². The van der Waals surface area contributed by atoms with E-state index in [1.165, 1.54) is 11.0 Å². The first kappa shape index (κ1) is 39.9. The van der Waals surface area contributed by atoms with E-state index >= 15 is 0 Å². The van der Waals surface area contributed by atoms with Crippen LogP contribution in [0.3, 0.4) is 0 Å². The summed E-state index contributed by atoms with van der Waals surface area (Å²) in [5.74, 6) is -4.05. The third-order valence-corrected chi connectivity index (χ3v) is 10.9. The van der Waals surface area contributed by atoms with Crippen LogP contribution in [0.15, 0.2) is 72.8 Å². The monoisotopic (exact) mass is 709 g/mol. The van der Waals surface area contributed by atoms with Crippen LogP contribution in [0, 0.1) is 11.8 Å². The molecule has 1 aliphatic rings. The summed E-state index contributed by atoms with van der Waals surface area (Å²) in [5, 5.41) is 26.8. The van der Waals surface area contributed by atoms with Gasteiger partial charge in [-0.05, 0) is 49.9 Å². The number of benzene rings is 2. The maximum absolute atomic E-state index is 14.7. The second kappa shape index (κ2) is 17.9. The largest absolute Gasteiger partial charge is 0.547 e. The summed E-state index contributed by atoms with van der Waals surface area (Å²) in [6.07, 6.45) is 5.70. The number of alkyl carbamates (subject to hydrolysis) is 1. The van der Waals surface area contributed by atoms with Crippen LogP contribution in [-0.4, -0.2) is 66.0 Å². The molecule has 2 amide bonds. The zero-order chi connectivity index (χ0) is 36.2. The van der Waals surface area contributed by atoms with E-state index in [2.05, 4.69) is 25.0 Å². The van der Waals surface area contributed by atoms with Crippen molar-refractivity contribution >= 4 is 43.4 Å². The Kier molecular flexibility index (Phi) is 14.6. The highest BCUT2D eigenvalue weighted by molar-refractivity contribution is 7.80. The summed E-state index contributed by atoms with van der Waals surface area (Å²) in [6, 6.07) is 19.4. The van der Waals surface area contributed by atoms with Crippen LogP contribution in [0.5, 0.6) is 0 Å². The third-order valence-electron chi connectivity index (χ3n) is 8.91. The van der Waals surface area contributed by atoms with Gasteiger partial charge in [-0.2, -0.15) is 0 Å². The number of carbonyl (C=O) groups excluding carboxylic acids is 3. The molecular formula is C38H53N2O7SSi-. The van der Waals surface area contributed by atoms with Crippen molar-refractivity contribution < 1.29 is 34.1 Å². The van der Waals surface area contributed by atoms with Crippen LogP contribution in [-0.2, 0) is 24.7 Å². The molecular weight excluding hydrogens is 657 g/mol. The average molecular weight is 710 g/mol. The summed E-state index contributed by atoms with van der Waals surface area (Å²) in [6.45, 7) is 13.3. The van der Waals surface area contributed by atoms with Crippen LogP contribution in [0.2, 0.25) is 25.7 Å². The van der Waals surface area contributed by atoms with Crippen LogP contribution >= 0.6 is 12.2 Å². The summed E-state index contributed by atoms with van der Waals surface area (Å²) < 4.78 is 11.8. The maximum atomic E-state index is 14.7. The van der Waals surface area contributed by atoms with E-state index in [1.807, 2.05) is 74.5 Å². The van der Waals surface area contributed by atoms with Gasteiger partial charge in [0.1, 0.15) is 5.60 Å². The van der Waals surface area contributed by atoms with Crippen molar-refractivity contribution in [2.24, 2.45) is 11.8 Å². The fourth-order valence-electron chi connectivity index (χ4n) is 6.38. The number of carboxylic acids is 1. The van der Waals surface area contributed by atoms with Gasteiger partial charge < -0.3 is 29.8 Å². The van der Waals surface area contributed by atoms with Crippen molar-refractivity contribution in [1.29, 1.82) is 0 Å². The lowest BCUT2D eigenvalue weighted by molar-refractivity contribution is -0.327. The molecule has 0 bridgehead atoms. The third kappa shape index (κ3) is 10.0. The van der Waals surface area contributed by atoms with Crippen molar-refractivity contribution in [2.75, 3.05) is 13.2 Å². The molecule has 0 aromatic heterocycles. The normalized spacial score (nSPS) is 17.8. The molecule has 3 atom stereocenters. The number of rotatable bonds is 18. The molecule has 0 aliphatic carbocycles. The van der Waals surface area contributed by atoms with Crippen LogP contribution < -0.4 is 10.4 Å². The molecule has 1 heterocycles. The Bertz CT molecular complexity index is 1390. The summed E-state index contributed by atoms with van der Waals surface area (Å²) in [4.78, 5) is 40.5. The first-order valence-corrected chi connectivity index (χ1v) is 21.5. The van der Waals surface area contributed by atoms with E-state index in [0.717, 1.165) is 36.4 Å². The molecule has 3 rings (SSSR count). The number of ether oxygens (including phenoxy) is 2. The lowest BCUT2D eigenvalue weighted by Crippen LogP contribution is -2.59. The van der Waals surface area contributed by atoms with Gasteiger partial charge in [-0.15, -0.1) is 0 Å². The molecule has 268 valence electrons. The SMILES string of the molecule is CCC[C@@](O)(C(=O)[O-])[C@H](/C=C/CCCCCNC(=O)OCC[Si](C)(C)C)C(=O)N1C(=S)OC(c2ccccc2)(c2ccccc2)[C@@H]1C(C)C.